The van der Waals surface area contributed by atoms with Gasteiger partial charge in [0.15, 0.2) is 0 Å². The summed E-state index contributed by atoms with van der Waals surface area (Å²) >= 11 is 0. The molecule has 0 aromatic heterocycles. The summed E-state index contributed by atoms with van der Waals surface area (Å²) in [4.78, 5) is 26.0. The molecule has 1 spiro atoms. The monoisotopic (exact) mass is 331 g/mol. The standard InChI is InChI=1S/C19H25NO4/c1-12(2)5-4-6-13(3)8-10-20-11-19-9-7-14(24-19)15(18(22)23)16(19)17(20)21/h5,7-9,14-16H,4,6,10-11H2,1-3H3,(H,22,23)/b13-8-/t14-,15-,16+,19-/m1/s1. The summed E-state index contributed by atoms with van der Waals surface area (Å²) in [5.41, 5.74) is 1.82. The number of likely N-dealkylation sites (tertiary alicyclic amines) is 1. The summed E-state index contributed by atoms with van der Waals surface area (Å²) in [6, 6.07) is 0. The van der Waals surface area contributed by atoms with E-state index >= 15 is 0 Å². The number of rotatable bonds is 6. The highest BCUT2D eigenvalue weighted by atomic mass is 16.5. The molecule has 2 bridgehead atoms. The molecule has 5 heteroatoms. The Hall–Kier alpha value is -1.88. The van der Waals surface area contributed by atoms with E-state index in [1.807, 2.05) is 6.08 Å². The minimum Gasteiger partial charge on any atom is -0.481 e. The first-order valence-corrected chi connectivity index (χ1v) is 8.52. The molecule has 24 heavy (non-hydrogen) atoms. The summed E-state index contributed by atoms with van der Waals surface area (Å²) in [7, 11) is 0. The molecule has 3 rings (SSSR count). The quantitative estimate of drug-likeness (QED) is 0.760. The fourth-order valence-electron chi connectivity index (χ4n) is 3.97. The summed E-state index contributed by atoms with van der Waals surface area (Å²) in [6.07, 6.45) is 9.48. The van der Waals surface area contributed by atoms with Crippen molar-refractivity contribution < 1.29 is 19.4 Å². The first-order chi connectivity index (χ1) is 11.3. The van der Waals surface area contributed by atoms with E-state index in [0.717, 1.165) is 12.8 Å². The molecule has 0 unspecified atom stereocenters. The van der Waals surface area contributed by atoms with Gasteiger partial charge in [0.25, 0.3) is 0 Å². The molecule has 130 valence electrons. The number of allylic oxidation sites excluding steroid dienone is 3. The minimum atomic E-state index is -0.945. The number of hydrogen-bond acceptors (Lipinski definition) is 3. The van der Waals surface area contributed by atoms with Crippen LogP contribution in [0.3, 0.4) is 0 Å². The molecule has 1 amide bonds. The van der Waals surface area contributed by atoms with Crippen molar-refractivity contribution in [3.63, 3.8) is 0 Å². The SMILES string of the molecule is CC(C)=CCC/C(C)=C\CN1C[C@@]23C=C[C@@H](O2)[C@@H](C(=O)O)[C@H]3C1=O. The number of carboxylic acids is 1. The van der Waals surface area contributed by atoms with Crippen LogP contribution in [0.4, 0.5) is 0 Å². The largest absolute Gasteiger partial charge is 0.481 e. The third-order valence-electron chi connectivity index (χ3n) is 5.22. The highest BCUT2D eigenvalue weighted by Gasteiger charge is 2.66. The van der Waals surface area contributed by atoms with Gasteiger partial charge in [-0.3, -0.25) is 9.59 Å². The molecule has 0 aliphatic carbocycles. The second-order valence-electron chi connectivity index (χ2n) is 7.33. The van der Waals surface area contributed by atoms with E-state index in [1.54, 1.807) is 11.0 Å². The summed E-state index contributed by atoms with van der Waals surface area (Å²) in [5, 5.41) is 9.44. The van der Waals surface area contributed by atoms with E-state index in [9.17, 15) is 14.7 Å². The van der Waals surface area contributed by atoms with Crippen LogP contribution in [-0.2, 0) is 14.3 Å². The molecule has 0 radical (unpaired) electrons. The minimum absolute atomic E-state index is 0.0948. The van der Waals surface area contributed by atoms with Crippen molar-refractivity contribution in [2.24, 2.45) is 11.8 Å². The number of carbonyl (C=O) groups excluding carboxylic acids is 1. The molecule has 5 nitrogen and oxygen atoms in total. The predicted molar refractivity (Wildman–Crippen MR) is 90.4 cm³/mol. The number of nitrogens with zero attached hydrogens (tertiary/aromatic N) is 1. The van der Waals surface area contributed by atoms with Gasteiger partial charge in [0.1, 0.15) is 11.5 Å². The molecule has 0 aromatic rings. The molecule has 3 aliphatic rings. The molecule has 2 saturated heterocycles. The van der Waals surface area contributed by atoms with Crippen molar-refractivity contribution in [2.75, 3.05) is 13.1 Å². The molecule has 2 fully saturated rings. The Bertz CT molecular complexity index is 644. The van der Waals surface area contributed by atoms with Crippen LogP contribution in [-0.4, -0.2) is 46.7 Å². The highest BCUT2D eigenvalue weighted by molar-refractivity contribution is 5.90. The Morgan fingerprint density at radius 3 is 2.83 bits per heavy atom. The first kappa shape index (κ1) is 17.0. The van der Waals surface area contributed by atoms with Gasteiger partial charge < -0.3 is 14.7 Å². The van der Waals surface area contributed by atoms with Gasteiger partial charge in [-0.2, -0.15) is 0 Å². The van der Waals surface area contributed by atoms with Gasteiger partial charge in [-0.05, 0) is 33.6 Å². The molecule has 3 heterocycles. The lowest BCUT2D eigenvalue weighted by atomic mass is 9.77. The van der Waals surface area contributed by atoms with Crippen LogP contribution in [0.15, 0.2) is 35.5 Å². The molecule has 3 aliphatic heterocycles. The fraction of sp³-hybridized carbons (Fsp3) is 0.579. The van der Waals surface area contributed by atoms with Gasteiger partial charge in [0.05, 0.1) is 18.6 Å². The number of amides is 1. The fourth-order valence-corrected chi connectivity index (χ4v) is 3.97. The van der Waals surface area contributed by atoms with Crippen LogP contribution >= 0.6 is 0 Å². The summed E-state index contributed by atoms with van der Waals surface area (Å²) < 4.78 is 5.87. The van der Waals surface area contributed by atoms with Crippen molar-refractivity contribution >= 4 is 11.9 Å². The highest BCUT2D eigenvalue weighted by Crippen LogP contribution is 2.51. The normalized spacial score (nSPS) is 34.0. The van der Waals surface area contributed by atoms with Gasteiger partial charge in [0, 0.05) is 6.54 Å². The van der Waals surface area contributed by atoms with E-state index < -0.39 is 29.5 Å². The maximum Gasteiger partial charge on any atom is 0.310 e. The third-order valence-corrected chi connectivity index (χ3v) is 5.22. The Morgan fingerprint density at radius 1 is 1.42 bits per heavy atom. The second-order valence-corrected chi connectivity index (χ2v) is 7.33. The number of ether oxygens (including phenoxy) is 1. The average Bonchev–Trinajstić information content (AvgIpc) is 3.13. The van der Waals surface area contributed by atoms with E-state index in [1.165, 1.54) is 11.1 Å². The zero-order valence-corrected chi connectivity index (χ0v) is 14.5. The van der Waals surface area contributed by atoms with Gasteiger partial charge in [-0.15, -0.1) is 0 Å². The van der Waals surface area contributed by atoms with Crippen molar-refractivity contribution in [2.45, 2.75) is 45.3 Å². The zero-order valence-electron chi connectivity index (χ0n) is 14.5. The summed E-state index contributed by atoms with van der Waals surface area (Å²) in [6.45, 7) is 7.21. The van der Waals surface area contributed by atoms with E-state index in [4.69, 9.17) is 4.74 Å². The predicted octanol–water partition coefficient (Wildman–Crippen LogP) is 2.55. The van der Waals surface area contributed by atoms with Crippen LogP contribution in [0.1, 0.15) is 33.6 Å². The molecule has 1 N–H and O–H groups in total. The molecule has 0 aromatic carbocycles. The number of aliphatic carboxylic acids is 1. The topological polar surface area (TPSA) is 66.8 Å². The maximum absolute atomic E-state index is 12.7. The summed E-state index contributed by atoms with van der Waals surface area (Å²) in [5.74, 6) is -2.37. The third kappa shape index (κ3) is 2.81. The average molecular weight is 331 g/mol. The van der Waals surface area contributed by atoms with Gasteiger partial charge >= 0.3 is 5.97 Å². The lowest BCUT2D eigenvalue weighted by molar-refractivity contribution is -0.147. The Kier molecular flexibility index (Phi) is 4.38. The number of carboxylic acid groups (broad SMARTS) is 1. The van der Waals surface area contributed by atoms with E-state index in [0.29, 0.717) is 13.1 Å². The Labute approximate surface area is 142 Å². The van der Waals surface area contributed by atoms with Gasteiger partial charge in [0.2, 0.25) is 5.91 Å². The maximum atomic E-state index is 12.7. The molecule has 0 saturated carbocycles. The van der Waals surface area contributed by atoms with Crippen LogP contribution in [0, 0.1) is 11.8 Å². The van der Waals surface area contributed by atoms with Crippen LogP contribution in [0.5, 0.6) is 0 Å². The van der Waals surface area contributed by atoms with Gasteiger partial charge in [-0.1, -0.05) is 35.5 Å². The van der Waals surface area contributed by atoms with Crippen molar-refractivity contribution in [3.8, 4) is 0 Å². The van der Waals surface area contributed by atoms with Crippen molar-refractivity contribution in [1.29, 1.82) is 0 Å². The number of carbonyl (C=O) groups is 2. The lowest BCUT2D eigenvalue weighted by Crippen LogP contribution is -2.39. The van der Waals surface area contributed by atoms with Crippen molar-refractivity contribution in [3.05, 3.63) is 35.5 Å². The first-order valence-electron chi connectivity index (χ1n) is 8.52. The zero-order chi connectivity index (χ0) is 17.5. The van der Waals surface area contributed by atoms with Crippen LogP contribution in [0.25, 0.3) is 0 Å². The van der Waals surface area contributed by atoms with E-state index in [2.05, 4.69) is 32.9 Å². The molecular formula is C19H25NO4. The van der Waals surface area contributed by atoms with E-state index in [-0.39, 0.29) is 5.91 Å². The lowest BCUT2D eigenvalue weighted by Gasteiger charge is -2.21. The number of hydrogen-bond donors (Lipinski definition) is 1. The van der Waals surface area contributed by atoms with Crippen LogP contribution in [0.2, 0.25) is 0 Å². The molecule has 4 atom stereocenters. The second kappa shape index (κ2) is 6.20. The van der Waals surface area contributed by atoms with Crippen molar-refractivity contribution in [1.82, 2.24) is 4.90 Å². The smallest absolute Gasteiger partial charge is 0.310 e. The Morgan fingerprint density at radius 2 is 2.17 bits per heavy atom. The number of fused-ring (bicyclic) bond motifs is 1. The van der Waals surface area contributed by atoms with Crippen LogP contribution < -0.4 is 0 Å². The Balaban J connectivity index is 1.66. The molecular weight excluding hydrogens is 306 g/mol. The van der Waals surface area contributed by atoms with Gasteiger partial charge in [-0.25, -0.2) is 0 Å².